The van der Waals surface area contributed by atoms with Crippen molar-refractivity contribution in [1.82, 2.24) is 0 Å². The number of hydrogen-bond acceptors (Lipinski definition) is 11. The zero-order chi connectivity index (χ0) is 70.2. The van der Waals surface area contributed by atoms with Gasteiger partial charge in [0.15, 0.2) is 34.9 Å². The van der Waals surface area contributed by atoms with Gasteiger partial charge in [0.05, 0.1) is 26.4 Å². The summed E-state index contributed by atoms with van der Waals surface area (Å²) >= 11 is 18.3. The Hall–Kier alpha value is -3.83. The fourth-order valence-electron chi connectivity index (χ4n) is 9.53. The van der Waals surface area contributed by atoms with Gasteiger partial charge in [-0.2, -0.15) is 0 Å². The lowest BCUT2D eigenvalue weighted by Gasteiger charge is -2.27. The van der Waals surface area contributed by atoms with Crippen molar-refractivity contribution >= 4 is 156 Å². The molecule has 10 aromatic rings. The summed E-state index contributed by atoms with van der Waals surface area (Å²) < 4.78 is 149. The molecule has 3 atom stereocenters. The van der Waals surface area contributed by atoms with Gasteiger partial charge in [-0.25, -0.2) is 26.3 Å². The van der Waals surface area contributed by atoms with E-state index < -0.39 is 74.7 Å². The monoisotopic (exact) mass is 1690 g/mol. The third-order valence-electron chi connectivity index (χ3n) is 14.4. The van der Waals surface area contributed by atoms with Gasteiger partial charge >= 0.3 is 22.8 Å². The third-order valence-corrected chi connectivity index (χ3v) is 28.7. The summed E-state index contributed by atoms with van der Waals surface area (Å²) in [7, 11) is -11.7. The highest BCUT2D eigenvalue weighted by Gasteiger charge is 2.42. The van der Waals surface area contributed by atoms with E-state index in [9.17, 15) is 49.8 Å². The molecule has 0 fully saturated rings. The molecule has 0 aliphatic heterocycles. The Labute approximate surface area is 603 Å². The van der Waals surface area contributed by atoms with Crippen LogP contribution in [0.3, 0.4) is 0 Å². The summed E-state index contributed by atoms with van der Waals surface area (Å²) in [5, 5.41) is 4.03. The highest BCUT2D eigenvalue weighted by Crippen LogP contribution is 2.66. The average Bonchev–Trinajstić information content (AvgIpc) is 1.61. The molecular weight excluding hydrogens is 1620 g/mol. The van der Waals surface area contributed by atoms with Crippen LogP contribution in [0.2, 0.25) is 0 Å². The normalized spacial score (nSPS) is 12.6. The minimum Gasteiger partial charge on any atom is -0.399 e. The predicted octanol–water partition coefficient (Wildman–Crippen LogP) is 25.4. The number of alkyl halides is 1. The minimum atomic E-state index is -4.51. The molecule has 0 spiro atoms. The van der Waals surface area contributed by atoms with Crippen LogP contribution >= 0.6 is 121 Å². The topological polar surface area (TPSA) is 155 Å². The summed E-state index contributed by atoms with van der Waals surface area (Å²) in [6, 6.07) is 43.4. The van der Waals surface area contributed by atoms with E-state index in [-0.39, 0.29) is 32.5 Å². The van der Waals surface area contributed by atoms with E-state index in [1.165, 1.54) is 65.1 Å². The number of anilines is 1. The lowest BCUT2D eigenvalue weighted by molar-refractivity contribution is 0.192. The van der Waals surface area contributed by atoms with E-state index in [1.807, 2.05) is 117 Å². The van der Waals surface area contributed by atoms with Gasteiger partial charge in [0, 0.05) is 69.3 Å². The summed E-state index contributed by atoms with van der Waals surface area (Å²) in [6.45, 7) is 10.8. The zero-order valence-corrected chi connectivity index (χ0v) is 64.8. The molecule has 518 valence electrons. The molecule has 96 heavy (non-hydrogen) atoms. The van der Waals surface area contributed by atoms with Crippen LogP contribution in [0.25, 0.3) is 30.3 Å². The summed E-state index contributed by atoms with van der Waals surface area (Å²) in [6.07, 6.45) is 6.22. The molecule has 3 heterocycles. The quantitative estimate of drug-likeness (QED) is 0.0157. The maximum absolute atomic E-state index is 14.2. The Kier molecular flexibility index (Phi) is 33.8. The molecule has 0 saturated carbocycles. The molecule has 0 aliphatic rings. The van der Waals surface area contributed by atoms with Crippen LogP contribution in [0.15, 0.2) is 171 Å². The molecule has 0 saturated heterocycles. The standard InChI is InChI=1S/C24H28BrF2O3PS.C20H20BrF2O3PS.C16H12BrF2O3PS.C6H7N.C4H9Br/c1-3-5-13-29-31(28,30-14-6-4-2)21(16-17-11-12-19(26)20(27)15-17)24-23(25)18-9-7-8-10-22(18)32-24;1-3-25-27(24,26-4-2)17(12-13-9-10-15(22)16(23)11-13)20-19(21)14-7-5-6-8-18(14)28-20;17-15-10-3-1-2-4-14(10)24-16(15)13(23(20,21)22)8-9-5-6-11(18)12(19)7-9;7-6-4-2-1-3-5-6;1-2-3-4-5/h7-12,15,21H,3-6,13-14,16H2,1-2H3;5-11,17H,3-4,12H2,1-2H3;1-7,13H,8H2,(H2,20,21,22);1-5H,7H2;2-4H2,1H3. The molecule has 0 aliphatic carbocycles. The van der Waals surface area contributed by atoms with Crippen molar-refractivity contribution in [1.29, 1.82) is 0 Å². The van der Waals surface area contributed by atoms with Crippen molar-refractivity contribution in [3.8, 4) is 0 Å². The number of thiophene rings is 3. The Morgan fingerprint density at radius 1 is 0.427 bits per heavy atom. The van der Waals surface area contributed by atoms with Crippen molar-refractivity contribution in [2.75, 3.05) is 37.5 Å². The van der Waals surface area contributed by atoms with Gasteiger partial charge < -0.3 is 33.6 Å². The highest BCUT2D eigenvalue weighted by atomic mass is 79.9. The number of halogens is 10. The fraction of sp³-hybridized carbons (Fsp3) is 0.314. The maximum atomic E-state index is 14.2. The van der Waals surface area contributed by atoms with E-state index in [2.05, 4.69) is 70.6 Å². The van der Waals surface area contributed by atoms with E-state index in [1.54, 1.807) is 13.8 Å². The van der Waals surface area contributed by atoms with Crippen molar-refractivity contribution in [3.05, 3.63) is 237 Å². The first kappa shape index (κ1) is 81.1. The molecule has 7 aromatic carbocycles. The van der Waals surface area contributed by atoms with Gasteiger partial charge in [-0.05, 0) is 184 Å². The van der Waals surface area contributed by atoms with Gasteiger partial charge in [0.2, 0.25) is 0 Å². The van der Waals surface area contributed by atoms with E-state index in [4.69, 9.17) is 23.8 Å². The Bertz CT molecular complexity index is 4220. The second kappa shape index (κ2) is 40.0. The fourth-order valence-corrected chi connectivity index (χ4v) is 23.5. The largest absolute Gasteiger partial charge is 0.399 e. The first-order valence-electron chi connectivity index (χ1n) is 30.9. The number of para-hydroxylation sites is 1. The Balaban J connectivity index is 0.000000210. The van der Waals surface area contributed by atoms with E-state index in [0.29, 0.717) is 39.3 Å². The lowest BCUT2D eigenvalue weighted by Crippen LogP contribution is -2.11. The number of nitrogens with two attached hydrogens (primary N) is 1. The van der Waals surface area contributed by atoms with Gasteiger partial charge in [0.1, 0.15) is 17.0 Å². The Morgan fingerprint density at radius 3 is 1.01 bits per heavy atom. The molecule has 26 heteroatoms. The number of rotatable bonds is 26. The van der Waals surface area contributed by atoms with Gasteiger partial charge in [-0.15, -0.1) is 34.0 Å². The SMILES string of the molecule is CCCCBr.CCCCOP(=O)(OCCCC)C(Cc1ccc(F)c(F)c1)c1sc2ccccc2c1Br.CCOP(=O)(OCC)C(Cc1ccc(F)c(F)c1)c1sc2ccccc2c1Br.Nc1ccccc1.O=P(O)(O)C(Cc1ccc(F)c(F)c1)c1sc2ccccc2c1Br. The molecule has 3 unspecified atom stereocenters. The first-order valence-corrected chi connectivity index (χ1v) is 41.7. The van der Waals surface area contributed by atoms with Crippen LogP contribution in [0.4, 0.5) is 32.0 Å². The summed E-state index contributed by atoms with van der Waals surface area (Å²) in [5.74, 6) is -5.71. The second-order valence-electron chi connectivity index (χ2n) is 21.6. The van der Waals surface area contributed by atoms with Crippen LogP contribution in [0, 0.1) is 34.9 Å². The molecule has 0 bridgehead atoms. The molecule has 3 aromatic heterocycles. The molecular formula is C70H76Br4F6NO9P3S3. The van der Waals surface area contributed by atoms with Gasteiger partial charge in [-0.1, -0.05) is 147 Å². The van der Waals surface area contributed by atoms with Crippen LogP contribution in [0.5, 0.6) is 0 Å². The Morgan fingerprint density at radius 2 is 0.740 bits per heavy atom. The van der Waals surface area contributed by atoms with Crippen molar-refractivity contribution < 1.29 is 67.9 Å². The molecule has 4 N–H and O–H groups in total. The third kappa shape index (κ3) is 23.1. The first-order chi connectivity index (χ1) is 45.9. The average molecular weight is 1700 g/mol. The molecule has 0 amide bonds. The number of benzene rings is 7. The summed E-state index contributed by atoms with van der Waals surface area (Å²) in [5.41, 5.74) is 5.14. The van der Waals surface area contributed by atoms with Crippen LogP contribution in [-0.2, 0) is 51.1 Å². The van der Waals surface area contributed by atoms with E-state index >= 15 is 0 Å². The maximum Gasteiger partial charge on any atom is 0.339 e. The van der Waals surface area contributed by atoms with Crippen LogP contribution in [-0.4, -0.2) is 41.5 Å². The van der Waals surface area contributed by atoms with Crippen LogP contribution in [0.1, 0.15) is 121 Å². The minimum absolute atomic E-state index is 0.0904. The van der Waals surface area contributed by atoms with E-state index in [0.717, 1.165) is 122 Å². The highest BCUT2D eigenvalue weighted by molar-refractivity contribution is 9.11. The smallest absolute Gasteiger partial charge is 0.339 e. The van der Waals surface area contributed by atoms with Gasteiger partial charge in [-0.3, -0.25) is 13.7 Å². The number of hydrogen-bond donors (Lipinski definition) is 3. The number of fused-ring (bicyclic) bond motifs is 3. The zero-order valence-electron chi connectivity index (χ0n) is 53.3. The second-order valence-corrected chi connectivity index (χ2v) is 34.2. The molecule has 10 rings (SSSR count). The van der Waals surface area contributed by atoms with Crippen molar-refractivity contribution in [2.24, 2.45) is 0 Å². The van der Waals surface area contributed by atoms with Gasteiger partial charge in [0.25, 0.3) is 0 Å². The number of unbranched alkanes of at least 4 members (excludes halogenated alkanes) is 3. The molecule has 0 radical (unpaired) electrons. The number of nitrogen functional groups attached to an aromatic ring is 1. The molecule has 10 nitrogen and oxygen atoms in total. The van der Waals surface area contributed by atoms with Crippen LogP contribution < -0.4 is 5.73 Å². The predicted molar refractivity (Wildman–Crippen MR) is 399 cm³/mol. The lowest BCUT2D eigenvalue weighted by atomic mass is 10.1. The summed E-state index contributed by atoms with van der Waals surface area (Å²) in [4.78, 5) is 21.7. The van der Waals surface area contributed by atoms with Crippen molar-refractivity contribution in [3.63, 3.8) is 0 Å². The van der Waals surface area contributed by atoms with Crippen molar-refractivity contribution in [2.45, 2.75) is 109 Å².